The summed E-state index contributed by atoms with van der Waals surface area (Å²) in [6.45, 7) is 7.88. The highest BCUT2D eigenvalue weighted by Gasteiger charge is 2.32. The van der Waals surface area contributed by atoms with Gasteiger partial charge in [-0.15, -0.1) is 0 Å². The number of ketones is 1. The van der Waals surface area contributed by atoms with Crippen LogP contribution in [0.5, 0.6) is 17.2 Å². The SMILES string of the molecule is CCCc1nccc(Oc2ccc(Cl)cc2)c1C(=O)c1cc(OC)c(Cl)c([Si](C)(C)C)c1F. The van der Waals surface area contributed by atoms with Crippen LogP contribution in [0.4, 0.5) is 4.39 Å². The van der Waals surface area contributed by atoms with Crippen molar-refractivity contribution >= 4 is 42.2 Å². The van der Waals surface area contributed by atoms with Gasteiger partial charge in [0, 0.05) is 11.2 Å². The third-order valence-electron chi connectivity index (χ3n) is 5.13. The van der Waals surface area contributed by atoms with Gasteiger partial charge in [0.05, 0.1) is 37.0 Å². The van der Waals surface area contributed by atoms with Crippen LogP contribution in [0.25, 0.3) is 0 Å². The summed E-state index contributed by atoms with van der Waals surface area (Å²) < 4.78 is 27.2. The minimum Gasteiger partial charge on any atom is -0.495 e. The van der Waals surface area contributed by atoms with Crippen LogP contribution in [0, 0.1) is 5.82 Å². The lowest BCUT2D eigenvalue weighted by Gasteiger charge is -2.23. The quantitative estimate of drug-likeness (QED) is 0.243. The van der Waals surface area contributed by atoms with E-state index in [0.29, 0.717) is 33.8 Å². The van der Waals surface area contributed by atoms with Gasteiger partial charge < -0.3 is 9.47 Å². The number of halogens is 3. The Balaban J connectivity index is 2.22. The smallest absolute Gasteiger partial charge is 0.201 e. The van der Waals surface area contributed by atoms with E-state index in [1.807, 2.05) is 26.6 Å². The van der Waals surface area contributed by atoms with E-state index >= 15 is 4.39 Å². The average Bonchev–Trinajstić information content (AvgIpc) is 2.75. The van der Waals surface area contributed by atoms with Gasteiger partial charge in [-0.1, -0.05) is 56.2 Å². The second-order valence-corrected chi connectivity index (χ2v) is 14.5. The van der Waals surface area contributed by atoms with Crippen LogP contribution in [0.3, 0.4) is 0 Å². The Kier molecular flexibility index (Phi) is 7.83. The zero-order valence-corrected chi connectivity index (χ0v) is 21.8. The number of aryl methyl sites for hydroxylation is 1. The fraction of sp³-hybridized carbons (Fsp3) is 0.280. The molecule has 0 atom stereocenters. The summed E-state index contributed by atoms with van der Waals surface area (Å²) in [7, 11) is -0.808. The number of methoxy groups -OCH3 is 1. The third-order valence-corrected chi connectivity index (χ3v) is 7.88. The Hall–Kier alpha value is -2.41. The number of ether oxygens (including phenoxy) is 2. The number of benzene rings is 2. The van der Waals surface area contributed by atoms with Gasteiger partial charge in [0.1, 0.15) is 23.1 Å². The van der Waals surface area contributed by atoms with Gasteiger partial charge >= 0.3 is 0 Å². The molecule has 0 saturated heterocycles. The first kappa shape index (κ1) is 25.2. The molecular formula is C25H26Cl2FNO3Si. The molecule has 8 heteroatoms. The van der Waals surface area contributed by atoms with Crippen LogP contribution in [-0.2, 0) is 6.42 Å². The molecule has 0 unspecified atom stereocenters. The molecular weight excluding hydrogens is 480 g/mol. The zero-order valence-electron chi connectivity index (χ0n) is 19.3. The standard InChI is InChI=1S/C25H26Cl2FNO3Si/c1-6-7-18-21(19(12-13-29-18)32-16-10-8-15(26)9-11-16)24(30)17-14-20(31-2)22(27)25(23(17)28)33(3,4)5/h8-14H,6-7H2,1-5H3. The van der Waals surface area contributed by atoms with E-state index in [1.165, 1.54) is 13.2 Å². The van der Waals surface area contributed by atoms with E-state index in [4.69, 9.17) is 32.7 Å². The van der Waals surface area contributed by atoms with Crippen molar-refractivity contribution in [3.05, 3.63) is 75.3 Å². The van der Waals surface area contributed by atoms with Crippen molar-refractivity contribution in [2.45, 2.75) is 39.4 Å². The van der Waals surface area contributed by atoms with Gasteiger partial charge in [-0.3, -0.25) is 9.78 Å². The van der Waals surface area contributed by atoms with E-state index in [1.54, 1.807) is 36.5 Å². The fourth-order valence-electron chi connectivity index (χ4n) is 3.59. The maximum atomic E-state index is 15.8. The van der Waals surface area contributed by atoms with Crippen molar-refractivity contribution in [1.82, 2.24) is 4.98 Å². The summed E-state index contributed by atoms with van der Waals surface area (Å²) in [5, 5.41) is 1.13. The molecule has 3 rings (SSSR count). The van der Waals surface area contributed by atoms with Gasteiger partial charge in [0.25, 0.3) is 0 Å². The van der Waals surface area contributed by atoms with Crippen molar-refractivity contribution in [1.29, 1.82) is 0 Å². The Morgan fingerprint density at radius 3 is 2.33 bits per heavy atom. The minimum atomic E-state index is -2.26. The Bertz CT molecular complexity index is 1180. The molecule has 0 fully saturated rings. The van der Waals surface area contributed by atoms with Crippen molar-refractivity contribution in [2.24, 2.45) is 0 Å². The molecule has 0 saturated carbocycles. The first-order valence-corrected chi connectivity index (χ1v) is 14.9. The predicted molar refractivity (Wildman–Crippen MR) is 134 cm³/mol. The summed E-state index contributed by atoms with van der Waals surface area (Å²) in [6, 6.07) is 9.74. The number of aromatic nitrogens is 1. The van der Waals surface area contributed by atoms with E-state index < -0.39 is 19.7 Å². The molecule has 0 radical (unpaired) electrons. The lowest BCUT2D eigenvalue weighted by atomic mass is 9.98. The lowest BCUT2D eigenvalue weighted by Crippen LogP contribution is -2.42. The van der Waals surface area contributed by atoms with E-state index in [9.17, 15) is 4.79 Å². The lowest BCUT2D eigenvalue weighted by molar-refractivity contribution is 0.103. The molecule has 4 nitrogen and oxygen atoms in total. The number of carbonyl (C=O) groups excluding carboxylic acids is 1. The van der Waals surface area contributed by atoms with Crippen molar-refractivity contribution in [3.8, 4) is 17.2 Å². The normalized spacial score (nSPS) is 11.4. The summed E-state index contributed by atoms with van der Waals surface area (Å²) in [5.74, 6) is -0.0844. The molecule has 0 spiro atoms. The monoisotopic (exact) mass is 505 g/mol. The topological polar surface area (TPSA) is 48.4 Å². The highest BCUT2D eigenvalue weighted by molar-refractivity contribution is 6.90. The first-order chi connectivity index (χ1) is 15.6. The Morgan fingerprint density at radius 1 is 1.09 bits per heavy atom. The van der Waals surface area contributed by atoms with Crippen molar-refractivity contribution in [3.63, 3.8) is 0 Å². The van der Waals surface area contributed by atoms with Gasteiger partial charge in [-0.05, 0) is 48.0 Å². The van der Waals surface area contributed by atoms with Crippen LogP contribution in [-0.4, -0.2) is 26.0 Å². The molecule has 0 bridgehead atoms. The van der Waals surface area contributed by atoms with E-state index in [0.717, 1.165) is 6.42 Å². The van der Waals surface area contributed by atoms with Crippen LogP contribution >= 0.6 is 23.2 Å². The van der Waals surface area contributed by atoms with Crippen LogP contribution < -0.4 is 14.7 Å². The number of hydrogen-bond acceptors (Lipinski definition) is 4. The molecule has 0 N–H and O–H groups in total. The Morgan fingerprint density at radius 2 is 1.76 bits per heavy atom. The number of rotatable bonds is 8. The maximum absolute atomic E-state index is 15.8. The van der Waals surface area contributed by atoms with Crippen LogP contribution in [0.15, 0.2) is 42.6 Å². The molecule has 33 heavy (non-hydrogen) atoms. The predicted octanol–water partition coefficient (Wildman–Crippen LogP) is 7.06. The van der Waals surface area contributed by atoms with E-state index in [2.05, 4.69) is 4.98 Å². The number of nitrogens with zero attached hydrogens (tertiary/aromatic N) is 1. The van der Waals surface area contributed by atoms with Gasteiger partial charge in [0.15, 0.2) is 0 Å². The largest absolute Gasteiger partial charge is 0.495 e. The molecule has 174 valence electrons. The molecule has 0 amide bonds. The number of carbonyl (C=O) groups is 1. The van der Waals surface area contributed by atoms with Crippen molar-refractivity contribution < 1.29 is 18.7 Å². The van der Waals surface area contributed by atoms with Gasteiger partial charge in [-0.2, -0.15) is 0 Å². The van der Waals surface area contributed by atoms with Crippen molar-refractivity contribution in [2.75, 3.05) is 7.11 Å². The minimum absolute atomic E-state index is 0.111. The molecule has 1 aromatic heterocycles. The van der Waals surface area contributed by atoms with E-state index in [-0.39, 0.29) is 21.9 Å². The van der Waals surface area contributed by atoms with Crippen LogP contribution in [0.2, 0.25) is 29.7 Å². The van der Waals surface area contributed by atoms with Crippen LogP contribution in [0.1, 0.15) is 35.0 Å². The highest BCUT2D eigenvalue weighted by atomic mass is 35.5. The summed E-state index contributed by atoms with van der Waals surface area (Å²) in [4.78, 5) is 18.2. The second kappa shape index (κ2) is 10.2. The molecule has 0 aliphatic carbocycles. The Labute approximate surface area is 204 Å². The van der Waals surface area contributed by atoms with Gasteiger partial charge in [-0.25, -0.2) is 4.39 Å². The summed E-state index contributed by atoms with van der Waals surface area (Å²) >= 11 is 12.4. The second-order valence-electron chi connectivity index (χ2n) is 8.65. The highest BCUT2D eigenvalue weighted by Crippen LogP contribution is 2.34. The molecule has 1 heterocycles. The first-order valence-electron chi connectivity index (χ1n) is 10.6. The molecule has 0 aliphatic heterocycles. The fourth-order valence-corrected chi connectivity index (χ4v) is 6.35. The third kappa shape index (κ3) is 5.40. The maximum Gasteiger partial charge on any atom is 0.201 e. The molecule has 0 aliphatic rings. The van der Waals surface area contributed by atoms with Gasteiger partial charge in [0.2, 0.25) is 5.78 Å². The number of pyridine rings is 1. The zero-order chi connectivity index (χ0) is 24.3. The summed E-state index contributed by atoms with van der Waals surface area (Å²) in [6.07, 6.45) is 2.87. The summed E-state index contributed by atoms with van der Waals surface area (Å²) in [5.41, 5.74) is 0.649. The average molecular weight is 506 g/mol. The number of hydrogen-bond donors (Lipinski definition) is 0. The molecule has 3 aromatic rings. The molecule has 2 aromatic carbocycles.